The van der Waals surface area contributed by atoms with E-state index in [-0.39, 0.29) is 10.9 Å². The molecule has 0 aromatic heterocycles. The monoisotopic (exact) mass is 392 g/mol. The van der Waals surface area contributed by atoms with Crippen LogP contribution in [0.25, 0.3) is 22.7 Å². The van der Waals surface area contributed by atoms with Crippen LogP contribution in [0.3, 0.4) is 0 Å². The third kappa shape index (κ3) is 3.62. The number of hydrogen-bond acceptors (Lipinski definition) is 0. The van der Waals surface area contributed by atoms with Crippen LogP contribution in [0.2, 0.25) is 0 Å². The summed E-state index contributed by atoms with van der Waals surface area (Å²) in [6.45, 7) is 5.29. The fraction of sp³-hybridized carbons (Fsp3) is 0.304. The van der Waals surface area contributed by atoms with Crippen LogP contribution < -0.4 is 0 Å². The van der Waals surface area contributed by atoms with E-state index >= 15 is 0 Å². The van der Waals surface area contributed by atoms with Gasteiger partial charge in [-0.05, 0) is 56.0 Å². The fourth-order valence-corrected chi connectivity index (χ4v) is 3.86. The molecule has 0 N–H and O–H groups in total. The summed E-state index contributed by atoms with van der Waals surface area (Å²) in [4.78, 5) is 0. The predicted molar refractivity (Wildman–Crippen MR) is 103 cm³/mol. The number of rotatable bonds is 4. The van der Waals surface area contributed by atoms with Gasteiger partial charge < -0.3 is 0 Å². The van der Waals surface area contributed by atoms with E-state index in [0.717, 1.165) is 25.0 Å². The summed E-state index contributed by atoms with van der Waals surface area (Å²) < 4.78 is 72.6. The molecule has 1 aliphatic carbocycles. The van der Waals surface area contributed by atoms with Gasteiger partial charge in [-0.25, -0.2) is 22.0 Å². The standard InChI is InChI=1S/C23H21F5/c1-3-5-13-6-8-15(9-7-13)20(25)22(27)17-11-10-16-12-14(4-2)19(24)23(28)18(16)21(17)26/h3-5,10-13,15H,2,6-9H2,1H3/b5-3+,22-20?. The second kappa shape index (κ2) is 8.29. The molecule has 2 aromatic rings. The molecule has 0 atom stereocenters. The minimum Gasteiger partial charge on any atom is -0.208 e. The van der Waals surface area contributed by atoms with Gasteiger partial charge in [0.25, 0.3) is 0 Å². The Labute approximate surface area is 161 Å². The van der Waals surface area contributed by atoms with Crippen LogP contribution in [0.5, 0.6) is 0 Å². The molecule has 1 aliphatic rings. The molecular weight excluding hydrogens is 371 g/mol. The van der Waals surface area contributed by atoms with Gasteiger partial charge in [0, 0.05) is 17.0 Å². The Bertz CT molecular complexity index is 963. The van der Waals surface area contributed by atoms with E-state index in [0.29, 0.717) is 18.8 Å². The van der Waals surface area contributed by atoms with Crippen LogP contribution in [0.15, 0.2) is 42.8 Å². The Kier molecular flexibility index (Phi) is 6.01. The van der Waals surface area contributed by atoms with Crippen LogP contribution >= 0.6 is 0 Å². The smallest absolute Gasteiger partial charge is 0.170 e. The molecule has 1 fully saturated rings. The highest BCUT2D eigenvalue weighted by atomic mass is 19.2. The fourth-order valence-electron chi connectivity index (χ4n) is 3.86. The molecule has 0 amide bonds. The van der Waals surface area contributed by atoms with Crippen molar-refractivity contribution in [1.82, 2.24) is 0 Å². The number of halogens is 5. The zero-order chi connectivity index (χ0) is 20.4. The highest BCUT2D eigenvalue weighted by molar-refractivity contribution is 5.89. The minimum absolute atomic E-state index is 0.0510. The minimum atomic E-state index is -1.44. The SMILES string of the molecule is C=Cc1cc2ccc(C(F)=C(F)C3CCC(/C=C/C)CC3)c(F)c2c(F)c1F. The lowest BCUT2D eigenvalue weighted by Gasteiger charge is -2.26. The van der Waals surface area contributed by atoms with E-state index < -0.39 is 46.0 Å². The molecule has 28 heavy (non-hydrogen) atoms. The molecular formula is C23H21F5. The summed E-state index contributed by atoms with van der Waals surface area (Å²) in [5.41, 5.74) is -0.817. The average Bonchev–Trinajstić information content (AvgIpc) is 2.70. The first kappa shape index (κ1) is 20.3. The van der Waals surface area contributed by atoms with Gasteiger partial charge in [-0.1, -0.05) is 30.9 Å². The van der Waals surface area contributed by atoms with Crippen LogP contribution in [0.4, 0.5) is 22.0 Å². The third-order valence-electron chi connectivity index (χ3n) is 5.41. The summed E-state index contributed by atoms with van der Waals surface area (Å²) in [5, 5.41) is -0.643. The quantitative estimate of drug-likeness (QED) is 0.367. The van der Waals surface area contributed by atoms with E-state index in [1.165, 1.54) is 12.1 Å². The van der Waals surface area contributed by atoms with Crippen molar-refractivity contribution in [2.75, 3.05) is 0 Å². The van der Waals surface area contributed by atoms with Gasteiger partial charge in [-0.3, -0.25) is 0 Å². The zero-order valence-electron chi connectivity index (χ0n) is 15.5. The van der Waals surface area contributed by atoms with Crippen LogP contribution in [0, 0.1) is 29.3 Å². The predicted octanol–water partition coefficient (Wildman–Crippen LogP) is 7.89. The van der Waals surface area contributed by atoms with Crippen molar-refractivity contribution in [3.05, 3.63) is 71.3 Å². The van der Waals surface area contributed by atoms with E-state index in [9.17, 15) is 22.0 Å². The van der Waals surface area contributed by atoms with Gasteiger partial charge in [0.05, 0.1) is 5.39 Å². The number of allylic oxidation sites excluding steroid dienone is 3. The third-order valence-corrected chi connectivity index (χ3v) is 5.41. The summed E-state index contributed by atoms with van der Waals surface area (Å²) in [5.74, 6) is -6.69. The second-order valence-electron chi connectivity index (χ2n) is 7.12. The summed E-state index contributed by atoms with van der Waals surface area (Å²) in [6.07, 6.45) is 7.44. The van der Waals surface area contributed by atoms with Crippen molar-refractivity contribution >= 4 is 22.7 Å². The number of hydrogen-bond donors (Lipinski definition) is 0. The number of benzene rings is 2. The lowest BCUT2D eigenvalue weighted by Crippen LogP contribution is -2.14. The maximum atomic E-state index is 14.8. The average molecular weight is 392 g/mol. The van der Waals surface area contributed by atoms with Crippen LogP contribution in [-0.2, 0) is 0 Å². The Hall–Kier alpha value is -2.43. The summed E-state index contributed by atoms with van der Waals surface area (Å²) >= 11 is 0. The molecule has 0 spiro atoms. The van der Waals surface area contributed by atoms with Crippen molar-refractivity contribution in [1.29, 1.82) is 0 Å². The first-order valence-corrected chi connectivity index (χ1v) is 9.30. The van der Waals surface area contributed by atoms with E-state index in [2.05, 4.69) is 6.58 Å². The molecule has 3 rings (SSSR count). The normalized spacial score (nSPS) is 21.2. The maximum absolute atomic E-state index is 14.8. The summed E-state index contributed by atoms with van der Waals surface area (Å²) in [6, 6.07) is 3.52. The first-order valence-electron chi connectivity index (χ1n) is 9.30. The Morgan fingerprint density at radius 3 is 2.29 bits per heavy atom. The molecule has 0 radical (unpaired) electrons. The highest BCUT2D eigenvalue weighted by Crippen LogP contribution is 2.40. The van der Waals surface area contributed by atoms with E-state index in [1.807, 2.05) is 19.1 Å². The van der Waals surface area contributed by atoms with Crippen LogP contribution in [-0.4, -0.2) is 0 Å². The Morgan fingerprint density at radius 2 is 1.68 bits per heavy atom. The Morgan fingerprint density at radius 1 is 1.00 bits per heavy atom. The molecule has 148 valence electrons. The molecule has 1 saturated carbocycles. The highest BCUT2D eigenvalue weighted by Gasteiger charge is 2.28. The molecule has 0 aliphatic heterocycles. The molecule has 0 heterocycles. The maximum Gasteiger partial charge on any atom is 0.170 e. The van der Waals surface area contributed by atoms with E-state index in [4.69, 9.17) is 0 Å². The molecule has 2 aromatic carbocycles. The first-order chi connectivity index (χ1) is 13.4. The van der Waals surface area contributed by atoms with E-state index in [1.54, 1.807) is 0 Å². The molecule has 0 nitrogen and oxygen atoms in total. The largest absolute Gasteiger partial charge is 0.208 e. The number of fused-ring (bicyclic) bond motifs is 1. The summed E-state index contributed by atoms with van der Waals surface area (Å²) in [7, 11) is 0. The lowest BCUT2D eigenvalue weighted by molar-refractivity contribution is 0.304. The van der Waals surface area contributed by atoms with Crippen molar-refractivity contribution < 1.29 is 22.0 Å². The van der Waals surface area contributed by atoms with Gasteiger partial charge in [-0.15, -0.1) is 0 Å². The zero-order valence-corrected chi connectivity index (χ0v) is 15.5. The van der Waals surface area contributed by atoms with Crippen molar-refractivity contribution in [2.45, 2.75) is 32.6 Å². The molecule has 0 bridgehead atoms. The molecule has 0 unspecified atom stereocenters. The van der Waals surface area contributed by atoms with Gasteiger partial charge in [0.2, 0.25) is 0 Å². The topological polar surface area (TPSA) is 0 Å². The molecule has 5 heteroatoms. The van der Waals surface area contributed by atoms with Crippen molar-refractivity contribution in [3.63, 3.8) is 0 Å². The van der Waals surface area contributed by atoms with Gasteiger partial charge >= 0.3 is 0 Å². The second-order valence-corrected chi connectivity index (χ2v) is 7.12. The van der Waals surface area contributed by atoms with Gasteiger partial charge in [0.15, 0.2) is 17.5 Å². The Balaban J connectivity index is 2.01. The van der Waals surface area contributed by atoms with Crippen molar-refractivity contribution in [3.8, 4) is 0 Å². The van der Waals surface area contributed by atoms with Crippen LogP contribution in [0.1, 0.15) is 43.7 Å². The van der Waals surface area contributed by atoms with Crippen molar-refractivity contribution in [2.24, 2.45) is 11.8 Å². The van der Waals surface area contributed by atoms with Gasteiger partial charge in [0.1, 0.15) is 11.6 Å². The lowest BCUT2D eigenvalue weighted by atomic mass is 9.81. The van der Waals surface area contributed by atoms with Gasteiger partial charge in [-0.2, -0.15) is 0 Å². The molecule has 0 saturated heterocycles.